The Hall–Kier alpha value is -2.38. The van der Waals surface area contributed by atoms with Gasteiger partial charge >= 0.3 is 6.18 Å². The van der Waals surface area contributed by atoms with Gasteiger partial charge in [0.25, 0.3) is 5.76 Å². The van der Waals surface area contributed by atoms with Crippen LogP contribution < -0.4 is 10.2 Å². The summed E-state index contributed by atoms with van der Waals surface area (Å²) in [6.07, 6.45) is -5.01. The van der Waals surface area contributed by atoms with E-state index in [0.29, 0.717) is 0 Å². The number of rotatable bonds is 2. The molecule has 1 heterocycles. The van der Waals surface area contributed by atoms with E-state index in [1.165, 1.54) is 18.2 Å². The molecular formula is C16H7Cl2F3O4. The monoisotopic (exact) mass is 390 g/mol. The maximum absolute atomic E-state index is 13.3. The van der Waals surface area contributed by atoms with Crippen molar-refractivity contribution < 1.29 is 27.4 Å². The number of phenolic OH excluding ortho intramolecular Hbond substituents is 1. The third kappa shape index (κ3) is 3.38. The molecule has 0 bridgehead atoms. The molecule has 0 amide bonds. The number of halogens is 5. The summed E-state index contributed by atoms with van der Waals surface area (Å²) in [5, 5.41) is 9.36. The predicted octanol–water partition coefficient (Wildman–Crippen LogP) is 5.62. The molecule has 3 aromatic rings. The van der Waals surface area contributed by atoms with Gasteiger partial charge in [-0.1, -0.05) is 23.2 Å². The average Bonchev–Trinajstić information content (AvgIpc) is 2.50. The Bertz CT molecular complexity index is 1030. The number of alkyl halides is 3. The van der Waals surface area contributed by atoms with Crippen LogP contribution in [0.3, 0.4) is 0 Å². The van der Waals surface area contributed by atoms with Crippen molar-refractivity contribution in [3.63, 3.8) is 0 Å². The molecule has 130 valence electrons. The molecule has 0 atom stereocenters. The summed E-state index contributed by atoms with van der Waals surface area (Å²) in [4.78, 5) is 12.5. The highest BCUT2D eigenvalue weighted by Crippen LogP contribution is 2.40. The number of hydrogen-bond acceptors (Lipinski definition) is 4. The van der Waals surface area contributed by atoms with Gasteiger partial charge in [-0.15, -0.1) is 0 Å². The average molecular weight is 391 g/mol. The Balaban J connectivity index is 2.26. The van der Waals surface area contributed by atoms with Crippen molar-refractivity contribution >= 4 is 34.2 Å². The summed E-state index contributed by atoms with van der Waals surface area (Å²) in [5.41, 5.74) is -1.48. The van der Waals surface area contributed by atoms with Crippen molar-refractivity contribution in [2.45, 2.75) is 6.18 Å². The van der Waals surface area contributed by atoms with Crippen LogP contribution in [-0.2, 0) is 6.18 Å². The molecule has 0 unspecified atom stereocenters. The van der Waals surface area contributed by atoms with Gasteiger partial charge in [-0.3, -0.25) is 4.79 Å². The first kappa shape index (κ1) is 17.4. The maximum atomic E-state index is 13.3. The Kier molecular flexibility index (Phi) is 4.30. The molecule has 1 aromatic heterocycles. The summed E-state index contributed by atoms with van der Waals surface area (Å²) in [6, 6.07) is 7.01. The first-order valence-electron chi connectivity index (χ1n) is 6.67. The highest BCUT2D eigenvalue weighted by atomic mass is 35.5. The Morgan fingerprint density at radius 1 is 1.08 bits per heavy atom. The molecule has 2 aromatic carbocycles. The number of fused-ring (bicyclic) bond motifs is 1. The number of ether oxygens (including phenoxy) is 1. The minimum atomic E-state index is -5.01. The lowest BCUT2D eigenvalue weighted by Crippen LogP contribution is -2.15. The molecule has 1 N–H and O–H groups in total. The zero-order chi connectivity index (χ0) is 18.4. The van der Waals surface area contributed by atoms with E-state index >= 15 is 0 Å². The minimum Gasteiger partial charge on any atom is -0.508 e. The standard InChI is InChI=1S/C16H7Cl2F3O4/c17-7-1-4-11(10(18)5-7)24-14-13(23)9-3-2-8(22)6-12(9)25-15(14)16(19,20)21/h1-6,22H. The Morgan fingerprint density at radius 2 is 1.80 bits per heavy atom. The van der Waals surface area contributed by atoms with Crippen LogP contribution in [-0.4, -0.2) is 5.11 Å². The highest BCUT2D eigenvalue weighted by molar-refractivity contribution is 6.35. The fraction of sp³-hybridized carbons (Fsp3) is 0.0625. The molecule has 0 saturated carbocycles. The zero-order valence-corrected chi connectivity index (χ0v) is 13.5. The van der Waals surface area contributed by atoms with E-state index in [1.807, 2.05) is 0 Å². The number of benzene rings is 2. The van der Waals surface area contributed by atoms with Gasteiger partial charge in [0.05, 0.1) is 10.4 Å². The van der Waals surface area contributed by atoms with Gasteiger partial charge in [-0.05, 0) is 30.3 Å². The van der Waals surface area contributed by atoms with Gasteiger partial charge in [0.2, 0.25) is 11.2 Å². The summed E-state index contributed by atoms with van der Waals surface area (Å²) < 4.78 is 49.8. The molecule has 0 aliphatic heterocycles. The van der Waals surface area contributed by atoms with Crippen molar-refractivity contribution in [3.05, 3.63) is 62.4 Å². The van der Waals surface area contributed by atoms with Crippen LogP contribution in [0.2, 0.25) is 10.0 Å². The molecule has 0 saturated heterocycles. The SMILES string of the molecule is O=c1c(Oc2ccc(Cl)cc2Cl)c(C(F)(F)F)oc2cc(O)ccc12. The summed E-state index contributed by atoms with van der Waals surface area (Å²) in [7, 11) is 0. The lowest BCUT2D eigenvalue weighted by Gasteiger charge is -2.14. The molecule has 0 aliphatic rings. The minimum absolute atomic E-state index is 0.0779. The lowest BCUT2D eigenvalue weighted by molar-refractivity contribution is -0.154. The van der Waals surface area contributed by atoms with Crippen LogP contribution in [0.4, 0.5) is 13.2 Å². The van der Waals surface area contributed by atoms with E-state index in [1.54, 1.807) is 0 Å². The molecule has 0 radical (unpaired) electrons. The van der Waals surface area contributed by atoms with Crippen LogP contribution in [0, 0.1) is 0 Å². The first-order chi connectivity index (χ1) is 11.7. The summed E-state index contributed by atoms with van der Waals surface area (Å²) in [5.74, 6) is -3.24. The van der Waals surface area contributed by atoms with Crippen LogP contribution in [0.15, 0.2) is 45.6 Å². The predicted molar refractivity (Wildman–Crippen MR) is 85.7 cm³/mol. The second-order valence-corrected chi connectivity index (χ2v) is 5.79. The van der Waals surface area contributed by atoms with E-state index < -0.39 is 28.7 Å². The molecule has 4 nitrogen and oxygen atoms in total. The molecule has 0 spiro atoms. The summed E-state index contributed by atoms with van der Waals surface area (Å²) >= 11 is 11.6. The number of phenols is 1. The number of hydrogen-bond donors (Lipinski definition) is 1. The normalized spacial score (nSPS) is 11.7. The van der Waals surface area contributed by atoms with Crippen molar-refractivity contribution in [2.75, 3.05) is 0 Å². The molecule has 0 fully saturated rings. The Labute approximate surface area is 148 Å². The van der Waals surface area contributed by atoms with Crippen LogP contribution >= 0.6 is 23.2 Å². The van der Waals surface area contributed by atoms with Gasteiger partial charge in [0.1, 0.15) is 17.1 Å². The van der Waals surface area contributed by atoms with Crippen LogP contribution in [0.25, 0.3) is 11.0 Å². The quantitative estimate of drug-likeness (QED) is 0.617. The second-order valence-electron chi connectivity index (χ2n) is 4.94. The van der Waals surface area contributed by atoms with E-state index in [9.17, 15) is 23.1 Å². The van der Waals surface area contributed by atoms with Crippen molar-refractivity contribution in [3.8, 4) is 17.2 Å². The lowest BCUT2D eigenvalue weighted by atomic mass is 10.2. The Morgan fingerprint density at radius 3 is 2.44 bits per heavy atom. The van der Waals surface area contributed by atoms with E-state index in [4.69, 9.17) is 32.4 Å². The van der Waals surface area contributed by atoms with Gasteiger partial charge in [-0.25, -0.2) is 0 Å². The topological polar surface area (TPSA) is 59.7 Å². The van der Waals surface area contributed by atoms with Crippen molar-refractivity contribution in [1.29, 1.82) is 0 Å². The number of aromatic hydroxyl groups is 1. The smallest absolute Gasteiger partial charge is 0.453 e. The molecule has 25 heavy (non-hydrogen) atoms. The van der Waals surface area contributed by atoms with Gasteiger partial charge < -0.3 is 14.3 Å². The van der Waals surface area contributed by atoms with Gasteiger partial charge in [0, 0.05) is 11.1 Å². The maximum Gasteiger partial charge on any atom is 0.453 e. The molecule has 9 heteroatoms. The van der Waals surface area contributed by atoms with E-state index in [0.717, 1.165) is 18.2 Å². The van der Waals surface area contributed by atoms with E-state index in [2.05, 4.69) is 0 Å². The third-order valence-corrected chi connectivity index (χ3v) is 3.73. The van der Waals surface area contributed by atoms with Crippen molar-refractivity contribution in [2.24, 2.45) is 0 Å². The highest BCUT2D eigenvalue weighted by Gasteiger charge is 2.40. The van der Waals surface area contributed by atoms with Gasteiger partial charge in [0.15, 0.2) is 0 Å². The second kappa shape index (κ2) is 6.16. The third-order valence-electron chi connectivity index (χ3n) is 3.20. The molecule has 3 rings (SSSR count). The van der Waals surface area contributed by atoms with Crippen LogP contribution in [0.5, 0.6) is 17.2 Å². The molecule has 0 aliphatic carbocycles. The zero-order valence-electron chi connectivity index (χ0n) is 12.0. The van der Waals surface area contributed by atoms with Crippen molar-refractivity contribution in [1.82, 2.24) is 0 Å². The summed E-state index contributed by atoms with van der Waals surface area (Å²) in [6.45, 7) is 0. The largest absolute Gasteiger partial charge is 0.508 e. The first-order valence-corrected chi connectivity index (χ1v) is 7.42. The van der Waals surface area contributed by atoms with Crippen LogP contribution in [0.1, 0.15) is 5.76 Å². The van der Waals surface area contributed by atoms with E-state index in [-0.39, 0.29) is 26.9 Å². The fourth-order valence-corrected chi connectivity index (χ4v) is 2.56. The fourth-order valence-electron chi connectivity index (χ4n) is 2.11. The molecular weight excluding hydrogens is 384 g/mol. The van der Waals surface area contributed by atoms with Gasteiger partial charge in [-0.2, -0.15) is 13.2 Å².